The van der Waals surface area contributed by atoms with E-state index in [4.69, 9.17) is 9.47 Å². The first-order valence-electron chi connectivity index (χ1n) is 8.73. The zero-order valence-electron chi connectivity index (χ0n) is 14.7. The van der Waals surface area contributed by atoms with Crippen molar-refractivity contribution in [3.63, 3.8) is 0 Å². The third-order valence-electron chi connectivity index (χ3n) is 4.38. The minimum atomic E-state index is -0.161. The van der Waals surface area contributed by atoms with Crippen LogP contribution in [0.5, 0.6) is 5.75 Å². The van der Waals surface area contributed by atoms with Crippen LogP contribution in [0.3, 0.4) is 0 Å². The van der Waals surface area contributed by atoms with Crippen molar-refractivity contribution in [2.24, 2.45) is 5.92 Å². The molecular weight excluding hydrogens is 352 g/mol. The molecule has 3 rings (SSSR count). The zero-order valence-corrected chi connectivity index (χ0v) is 15.5. The van der Waals surface area contributed by atoms with Gasteiger partial charge in [-0.15, -0.1) is 11.3 Å². The van der Waals surface area contributed by atoms with Crippen LogP contribution in [-0.2, 0) is 16.1 Å². The first-order valence-corrected chi connectivity index (χ1v) is 9.68. The molecule has 0 bridgehead atoms. The Hall–Kier alpha value is -2.41. The van der Waals surface area contributed by atoms with Crippen molar-refractivity contribution in [2.45, 2.75) is 26.4 Å². The van der Waals surface area contributed by atoms with Crippen molar-refractivity contribution in [1.82, 2.24) is 9.88 Å². The average molecular weight is 374 g/mol. The molecular formula is C19H22N2O4S. The monoisotopic (exact) mass is 374 g/mol. The number of hydrogen-bond donors (Lipinski definition) is 0. The Balaban J connectivity index is 1.62. The topological polar surface area (TPSA) is 68.7 Å². The van der Waals surface area contributed by atoms with Crippen LogP contribution < -0.4 is 4.74 Å². The second-order valence-corrected chi connectivity index (χ2v) is 6.80. The summed E-state index contributed by atoms with van der Waals surface area (Å²) in [4.78, 5) is 30.7. The van der Waals surface area contributed by atoms with E-state index in [1.165, 1.54) is 11.3 Å². The van der Waals surface area contributed by atoms with Gasteiger partial charge in [0.1, 0.15) is 12.4 Å². The predicted octanol–water partition coefficient (Wildman–Crippen LogP) is 3.14. The molecule has 0 aliphatic carbocycles. The minimum Gasteiger partial charge on any atom is -0.486 e. The van der Waals surface area contributed by atoms with Gasteiger partial charge in [-0.2, -0.15) is 0 Å². The molecule has 138 valence electrons. The summed E-state index contributed by atoms with van der Waals surface area (Å²) in [5.74, 6) is 0.209. The summed E-state index contributed by atoms with van der Waals surface area (Å²) in [7, 11) is 0. The fourth-order valence-electron chi connectivity index (χ4n) is 2.98. The van der Waals surface area contributed by atoms with Gasteiger partial charge >= 0.3 is 5.97 Å². The fraction of sp³-hybridized carbons (Fsp3) is 0.421. The van der Waals surface area contributed by atoms with Crippen LogP contribution in [-0.4, -0.2) is 41.5 Å². The van der Waals surface area contributed by atoms with E-state index in [1.807, 2.05) is 17.5 Å². The number of ether oxygens (including phenoxy) is 2. The molecule has 1 aliphatic heterocycles. The number of carbonyl (C=O) groups excluding carboxylic acids is 2. The summed E-state index contributed by atoms with van der Waals surface area (Å²) < 4.78 is 10.9. The zero-order chi connectivity index (χ0) is 18.4. The highest BCUT2D eigenvalue weighted by Crippen LogP contribution is 2.25. The molecule has 1 saturated heterocycles. The van der Waals surface area contributed by atoms with Crippen molar-refractivity contribution in [2.75, 3.05) is 19.7 Å². The molecule has 0 atom stereocenters. The molecule has 7 heteroatoms. The molecule has 0 radical (unpaired) electrons. The molecule has 0 saturated carbocycles. The lowest BCUT2D eigenvalue weighted by atomic mass is 9.96. The Morgan fingerprint density at radius 1 is 1.27 bits per heavy atom. The molecule has 1 aromatic heterocycles. The number of benzene rings is 1. The van der Waals surface area contributed by atoms with Gasteiger partial charge in [-0.3, -0.25) is 9.59 Å². The van der Waals surface area contributed by atoms with Crippen molar-refractivity contribution >= 4 is 23.2 Å². The fourth-order valence-corrected chi connectivity index (χ4v) is 3.52. The number of likely N-dealkylation sites (tertiary alicyclic amines) is 1. The summed E-state index contributed by atoms with van der Waals surface area (Å²) in [5, 5.41) is 1.92. The molecule has 1 fully saturated rings. The van der Waals surface area contributed by atoms with Gasteiger partial charge in [0.05, 0.1) is 29.3 Å². The second kappa shape index (κ2) is 8.80. The van der Waals surface area contributed by atoms with E-state index < -0.39 is 0 Å². The number of para-hydroxylation sites is 1. The third-order valence-corrected chi connectivity index (χ3v) is 5.01. The first kappa shape index (κ1) is 18.4. The van der Waals surface area contributed by atoms with Gasteiger partial charge in [-0.1, -0.05) is 12.1 Å². The van der Waals surface area contributed by atoms with E-state index >= 15 is 0 Å². The highest BCUT2D eigenvalue weighted by molar-refractivity contribution is 7.07. The van der Waals surface area contributed by atoms with Crippen molar-refractivity contribution < 1.29 is 19.1 Å². The quantitative estimate of drug-likeness (QED) is 0.727. The Kier molecular flexibility index (Phi) is 6.22. The number of amides is 1. The molecule has 2 heterocycles. The normalized spacial score (nSPS) is 14.9. The average Bonchev–Trinajstić information content (AvgIpc) is 3.20. The minimum absolute atomic E-state index is 0.0683. The molecule has 0 unspecified atom stereocenters. The number of thiazole rings is 1. The van der Waals surface area contributed by atoms with Gasteiger partial charge in [0, 0.05) is 18.5 Å². The van der Waals surface area contributed by atoms with Crippen molar-refractivity contribution in [3.8, 4) is 5.75 Å². The number of carbonyl (C=O) groups is 2. The third kappa shape index (κ3) is 4.40. The lowest BCUT2D eigenvalue weighted by Crippen LogP contribution is -2.40. The van der Waals surface area contributed by atoms with Crippen LogP contribution in [0.1, 0.15) is 35.8 Å². The Morgan fingerprint density at radius 2 is 2.04 bits per heavy atom. The van der Waals surface area contributed by atoms with Crippen LogP contribution >= 0.6 is 11.3 Å². The second-order valence-electron chi connectivity index (χ2n) is 6.08. The van der Waals surface area contributed by atoms with E-state index in [1.54, 1.807) is 29.5 Å². The molecule has 1 amide bonds. The van der Waals surface area contributed by atoms with Crippen molar-refractivity contribution in [1.29, 1.82) is 0 Å². The van der Waals surface area contributed by atoms with E-state index in [2.05, 4.69) is 4.98 Å². The summed E-state index contributed by atoms with van der Waals surface area (Å²) >= 11 is 1.51. The number of nitrogens with zero attached hydrogens (tertiary/aromatic N) is 2. The standard InChI is InChI=1S/C19H22N2O4S/c1-2-24-19(23)14-7-9-21(10-8-14)18(22)16-5-3-4-6-17(16)25-11-15-12-26-13-20-15/h3-6,12-14H,2,7-11H2,1H3. The summed E-state index contributed by atoms with van der Waals surface area (Å²) in [6, 6.07) is 7.25. The van der Waals surface area contributed by atoms with Crippen LogP contribution in [0.25, 0.3) is 0 Å². The Bertz CT molecular complexity index is 740. The van der Waals surface area contributed by atoms with Gasteiger partial charge < -0.3 is 14.4 Å². The summed E-state index contributed by atoms with van der Waals surface area (Å²) in [6.45, 7) is 3.62. The van der Waals surface area contributed by atoms with Gasteiger partial charge in [0.25, 0.3) is 5.91 Å². The molecule has 0 spiro atoms. The summed E-state index contributed by atoms with van der Waals surface area (Å²) in [5.41, 5.74) is 3.13. The number of piperidine rings is 1. The smallest absolute Gasteiger partial charge is 0.309 e. The largest absolute Gasteiger partial charge is 0.486 e. The van der Waals surface area contributed by atoms with Gasteiger partial charge in [-0.25, -0.2) is 4.98 Å². The van der Waals surface area contributed by atoms with Gasteiger partial charge in [0.15, 0.2) is 0 Å². The van der Waals surface area contributed by atoms with Gasteiger partial charge in [0.2, 0.25) is 0 Å². The van der Waals surface area contributed by atoms with Crippen LogP contribution in [0, 0.1) is 5.92 Å². The Morgan fingerprint density at radius 3 is 2.73 bits per heavy atom. The molecule has 1 aromatic carbocycles. The number of esters is 1. The van der Waals surface area contributed by atoms with Crippen LogP contribution in [0.4, 0.5) is 0 Å². The number of rotatable bonds is 6. The molecule has 0 N–H and O–H groups in total. The van der Waals surface area contributed by atoms with E-state index in [-0.39, 0.29) is 17.8 Å². The molecule has 6 nitrogen and oxygen atoms in total. The number of aromatic nitrogens is 1. The lowest BCUT2D eigenvalue weighted by Gasteiger charge is -2.31. The van der Waals surface area contributed by atoms with Crippen LogP contribution in [0.15, 0.2) is 35.2 Å². The van der Waals surface area contributed by atoms with Crippen LogP contribution in [0.2, 0.25) is 0 Å². The van der Waals surface area contributed by atoms with E-state index in [0.29, 0.717) is 50.5 Å². The molecule has 2 aromatic rings. The summed E-state index contributed by atoms with van der Waals surface area (Å²) in [6.07, 6.45) is 1.26. The van der Waals surface area contributed by atoms with Crippen molar-refractivity contribution in [3.05, 3.63) is 46.4 Å². The highest BCUT2D eigenvalue weighted by Gasteiger charge is 2.29. The lowest BCUT2D eigenvalue weighted by molar-refractivity contribution is -0.149. The van der Waals surface area contributed by atoms with E-state index in [9.17, 15) is 9.59 Å². The highest BCUT2D eigenvalue weighted by atomic mass is 32.1. The maximum Gasteiger partial charge on any atom is 0.309 e. The van der Waals surface area contributed by atoms with E-state index in [0.717, 1.165) is 5.69 Å². The molecule has 26 heavy (non-hydrogen) atoms. The first-order chi connectivity index (χ1) is 12.7. The molecule has 1 aliphatic rings. The van der Waals surface area contributed by atoms with Gasteiger partial charge in [-0.05, 0) is 31.9 Å². The number of hydrogen-bond acceptors (Lipinski definition) is 6. The Labute approximate surface area is 156 Å². The SMILES string of the molecule is CCOC(=O)C1CCN(C(=O)c2ccccc2OCc2cscn2)CC1. The maximum absolute atomic E-state index is 12.9. The maximum atomic E-state index is 12.9. The predicted molar refractivity (Wildman–Crippen MR) is 98.1 cm³/mol.